The van der Waals surface area contributed by atoms with Crippen molar-refractivity contribution in [2.45, 2.75) is 24.8 Å². The predicted molar refractivity (Wildman–Crippen MR) is 97.2 cm³/mol. The molecule has 2 aromatic carbocycles. The Bertz CT molecular complexity index is 835. The van der Waals surface area contributed by atoms with Crippen LogP contribution in [0.5, 0.6) is 0 Å². The van der Waals surface area contributed by atoms with E-state index in [0.29, 0.717) is 23.4 Å². The van der Waals surface area contributed by atoms with Gasteiger partial charge in [-0.25, -0.2) is 8.42 Å². The number of ether oxygens (including phenoxy) is 1. The molecule has 7 heteroatoms. The van der Waals surface area contributed by atoms with Gasteiger partial charge in [0.2, 0.25) is 0 Å². The van der Waals surface area contributed by atoms with Crippen LogP contribution < -0.4 is 10.0 Å². The van der Waals surface area contributed by atoms with E-state index in [1.165, 1.54) is 12.1 Å². The van der Waals surface area contributed by atoms with E-state index in [0.717, 1.165) is 0 Å². The molecule has 1 amide bonds. The Balaban J connectivity index is 2.16. The van der Waals surface area contributed by atoms with Crippen LogP contribution in [0.25, 0.3) is 0 Å². The van der Waals surface area contributed by atoms with Gasteiger partial charge in [-0.1, -0.05) is 18.2 Å². The predicted octanol–water partition coefficient (Wildman–Crippen LogP) is 2.56. The Morgan fingerprint density at radius 3 is 2.44 bits per heavy atom. The summed E-state index contributed by atoms with van der Waals surface area (Å²) in [6, 6.07) is 12.8. The van der Waals surface area contributed by atoms with E-state index in [1.54, 1.807) is 50.4 Å². The number of hydrogen-bond donors (Lipinski definition) is 2. The van der Waals surface area contributed by atoms with Crippen molar-refractivity contribution >= 4 is 21.6 Å². The molecule has 0 aliphatic rings. The summed E-state index contributed by atoms with van der Waals surface area (Å²) in [4.78, 5) is 12.4. The minimum absolute atomic E-state index is 0.117. The number of nitrogens with one attached hydrogen (secondary N) is 2. The summed E-state index contributed by atoms with van der Waals surface area (Å²) < 4.78 is 32.3. The Hall–Kier alpha value is -2.38. The number of amides is 1. The van der Waals surface area contributed by atoms with Gasteiger partial charge in [-0.15, -0.1) is 0 Å². The minimum atomic E-state index is -3.66. The van der Waals surface area contributed by atoms with E-state index in [1.807, 2.05) is 6.92 Å². The molecule has 25 heavy (non-hydrogen) atoms. The molecule has 0 aliphatic carbocycles. The minimum Gasteiger partial charge on any atom is -0.383 e. The number of aryl methyl sites for hydroxylation is 1. The lowest BCUT2D eigenvalue weighted by atomic mass is 10.1. The standard InChI is InChI=1S/C18H22N2O4S/c1-13-11-15(18(21)19-14(2)12-24-3)9-10-17(13)20-25(22,23)16-7-5-4-6-8-16/h4-11,14,20H,12H2,1-3H3,(H,19,21)/t14-/m1/s1. The maximum atomic E-state index is 12.4. The fourth-order valence-corrected chi connectivity index (χ4v) is 3.47. The molecule has 0 radical (unpaired) electrons. The molecule has 2 N–H and O–H groups in total. The van der Waals surface area contributed by atoms with Crippen molar-refractivity contribution in [1.29, 1.82) is 0 Å². The monoisotopic (exact) mass is 362 g/mol. The van der Waals surface area contributed by atoms with Crippen molar-refractivity contribution < 1.29 is 17.9 Å². The molecule has 0 heterocycles. The smallest absolute Gasteiger partial charge is 0.261 e. The van der Waals surface area contributed by atoms with Crippen LogP contribution in [0.2, 0.25) is 0 Å². The quantitative estimate of drug-likeness (QED) is 0.793. The molecule has 0 spiro atoms. The summed E-state index contributed by atoms with van der Waals surface area (Å²) in [6.07, 6.45) is 0. The van der Waals surface area contributed by atoms with Crippen LogP contribution in [0.3, 0.4) is 0 Å². The highest BCUT2D eigenvalue weighted by molar-refractivity contribution is 7.92. The van der Waals surface area contributed by atoms with Crippen molar-refractivity contribution in [1.82, 2.24) is 5.32 Å². The number of carbonyl (C=O) groups excluding carboxylic acids is 1. The average molecular weight is 362 g/mol. The highest BCUT2D eigenvalue weighted by atomic mass is 32.2. The van der Waals surface area contributed by atoms with Crippen LogP contribution in [-0.2, 0) is 14.8 Å². The van der Waals surface area contributed by atoms with Crippen molar-refractivity contribution in [2.24, 2.45) is 0 Å². The van der Waals surface area contributed by atoms with Crippen molar-refractivity contribution in [2.75, 3.05) is 18.4 Å². The number of anilines is 1. The molecule has 2 rings (SSSR count). The number of hydrogen-bond acceptors (Lipinski definition) is 4. The van der Waals surface area contributed by atoms with Crippen LogP contribution in [0.4, 0.5) is 5.69 Å². The molecular formula is C18H22N2O4S. The van der Waals surface area contributed by atoms with Gasteiger partial charge in [0, 0.05) is 18.7 Å². The fourth-order valence-electron chi connectivity index (χ4n) is 2.32. The molecule has 0 saturated carbocycles. The highest BCUT2D eigenvalue weighted by Gasteiger charge is 2.16. The second-order valence-electron chi connectivity index (χ2n) is 5.78. The first-order chi connectivity index (χ1) is 11.8. The van der Waals surface area contributed by atoms with Gasteiger partial charge < -0.3 is 10.1 Å². The number of rotatable bonds is 7. The number of carbonyl (C=O) groups is 1. The van der Waals surface area contributed by atoms with Gasteiger partial charge in [0.05, 0.1) is 17.2 Å². The van der Waals surface area contributed by atoms with Gasteiger partial charge in [-0.2, -0.15) is 0 Å². The van der Waals surface area contributed by atoms with Crippen molar-refractivity contribution in [3.8, 4) is 0 Å². The van der Waals surface area contributed by atoms with E-state index < -0.39 is 10.0 Å². The van der Waals surface area contributed by atoms with E-state index in [-0.39, 0.29) is 16.8 Å². The summed E-state index contributed by atoms with van der Waals surface area (Å²) >= 11 is 0. The van der Waals surface area contributed by atoms with Crippen LogP contribution in [-0.4, -0.2) is 34.1 Å². The summed E-state index contributed by atoms with van der Waals surface area (Å²) in [5.74, 6) is -0.231. The van der Waals surface area contributed by atoms with E-state index in [4.69, 9.17) is 4.74 Å². The van der Waals surface area contributed by atoms with Crippen LogP contribution in [0.15, 0.2) is 53.4 Å². The molecule has 134 valence electrons. The van der Waals surface area contributed by atoms with E-state index in [2.05, 4.69) is 10.0 Å². The Morgan fingerprint density at radius 2 is 1.84 bits per heavy atom. The van der Waals surface area contributed by atoms with Gasteiger partial charge >= 0.3 is 0 Å². The second kappa shape index (κ2) is 8.13. The Morgan fingerprint density at radius 1 is 1.16 bits per heavy atom. The molecule has 0 unspecified atom stereocenters. The zero-order chi connectivity index (χ0) is 18.4. The normalized spacial score (nSPS) is 12.4. The largest absolute Gasteiger partial charge is 0.383 e. The second-order valence-corrected chi connectivity index (χ2v) is 7.46. The van der Waals surface area contributed by atoms with Crippen LogP contribution in [0.1, 0.15) is 22.8 Å². The van der Waals surface area contributed by atoms with Crippen molar-refractivity contribution in [3.63, 3.8) is 0 Å². The summed E-state index contributed by atoms with van der Waals surface area (Å²) in [6.45, 7) is 4.01. The lowest BCUT2D eigenvalue weighted by Gasteiger charge is -2.14. The van der Waals surface area contributed by atoms with Gasteiger partial charge in [0.25, 0.3) is 15.9 Å². The van der Waals surface area contributed by atoms with Crippen LogP contribution >= 0.6 is 0 Å². The SMILES string of the molecule is COC[C@@H](C)NC(=O)c1ccc(NS(=O)(=O)c2ccccc2)c(C)c1. The first-order valence-electron chi connectivity index (χ1n) is 7.82. The van der Waals surface area contributed by atoms with Gasteiger partial charge in [-0.05, 0) is 49.7 Å². The third kappa shape index (κ3) is 5.04. The molecule has 1 atom stereocenters. The van der Waals surface area contributed by atoms with E-state index in [9.17, 15) is 13.2 Å². The third-order valence-corrected chi connectivity index (χ3v) is 4.96. The zero-order valence-electron chi connectivity index (χ0n) is 14.4. The third-order valence-electron chi connectivity index (χ3n) is 3.58. The maximum absolute atomic E-state index is 12.4. The average Bonchev–Trinajstić information content (AvgIpc) is 2.57. The lowest BCUT2D eigenvalue weighted by molar-refractivity contribution is 0.0905. The summed E-state index contributed by atoms with van der Waals surface area (Å²) in [7, 11) is -2.09. The molecule has 0 aromatic heterocycles. The zero-order valence-corrected chi connectivity index (χ0v) is 15.3. The summed E-state index contributed by atoms with van der Waals surface area (Å²) in [5, 5.41) is 2.82. The molecule has 0 saturated heterocycles. The van der Waals surface area contributed by atoms with Gasteiger partial charge in [-0.3, -0.25) is 9.52 Å². The molecule has 0 bridgehead atoms. The number of sulfonamides is 1. The van der Waals surface area contributed by atoms with Crippen molar-refractivity contribution in [3.05, 3.63) is 59.7 Å². The first-order valence-corrected chi connectivity index (χ1v) is 9.30. The first kappa shape index (κ1) is 19.0. The number of benzene rings is 2. The molecular weight excluding hydrogens is 340 g/mol. The summed E-state index contributed by atoms with van der Waals surface area (Å²) in [5.41, 5.74) is 1.56. The molecule has 2 aromatic rings. The van der Waals surface area contributed by atoms with E-state index >= 15 is 0 Å². The van der Waals surface area contributed by atoms with Crippen LogP contribution in [0, 0.1) is 6.92 Å². The number of methoxy groups -OCH3 is 1. The lowest BCUT2D eigenvalue weighted by Crippen LogP contribution is -2.35. The highest BCUT2D eigenvalue weighted by Crippen LogP contribution is 2.21. The topological polar surface area (TPSA) is 84.5 Å². The maximum Gasteiger partial charge on any atom is 0.261 e. The molecule has 0 aliphatic heterocycles. The van der Waals surface area contributed by atoms with Gasteiger partial charge in [0.1, 0.15) is 0 Å². The Kier molecular flexibility index (Phi) is 6.17. The molecule has 0 fully saturated rings. The molecule has 6 nitrogen and oxygen atoms in total. The fraction of sp³-hybridized carbons (Fsp3) is 0.278. The van der Waals surface area contributed by atoms with Gasteiger partial charge in [0.15, 0.2) is 0 Å². The Labute approximate surface area is 148 Å².